The molecule has 22 heavy (non-hydrogen) atoms. The van der Waals surface area contributed by atoms with Crippen molar-refractivity contribution in [2.75, 3.05) is 18.0 Å². The molecule has 5 nitrogen and oxygen atoms in total. The minimum atomic E-state index is -1.02. The van der Waals surface area contributed by atoms with Crippen LogP contribution in [0, 0.1) is 0 Å². The van der Waals surface area contributed by atoms with Crippen LogP contribution in [0.1, 0.15) is 22.3 Å². The third-order valence-electron chi connectivity index (χ3n) is 3.94. The van der Waals surface area contributed by atoms with E-state index in [0.717, 1.165) is 0 Å². The minimum Gasteiger partial charge on any atom is -0.478 e. The van der Waals surface area contributed by atoms with Crippen molar-refractivity contribution in [1.29, 1.82) is 0 Å². The fourth-order valence-electron chi connectivity index (χ4n) is 2.75. The van der Waals surface area contributed by atoms with Crippen LogP contribution in [0.5, 0.6) is 0 Å². The van der Waals surface area contributed by atoms with Gasteiger partial charge in [0.15, 0.2) is 0 Å². The Bertz CT molecular complexity index is 705. The first-order chi connectivity index (χ1) is 10.5. The van der Waals surface area contributed by atoms with E-state index >= 15 is 0 Å². The average molecular weight is 319 g/mol. The van der Waals surface area contributed by atoms with Crippen LogP contribution < -0.4 is 4.90 Å². The number of carboxylic acids is 1. The molecule has 1 aliphatic heterocycles. The highest BCUT2D eigenvalue weighted by atomic mass is 35.5. The van der Waals surface area contributed by atoms with Crippen LogP contribution >= 0.6 is 11.6 Å². The van der Waals surface area contributed by atoms with E-state index in [-0.39, 0.29) is 5.56 Å². The van der Waals surface area contributed by atoms with E-state index in [2.05, 4.69) is 4.98 Å². The Morgan fingerprint density at radius 3 is 2.68 bits per heavy atom. The third-order valence-corrected chi connectivity index (χ3v) is 4.27. The van der Waals surface area contributed by atoms with E-state index in [4.69, 9.17) is 16.7 Å². The Hall–Kier alpha value is -2.11. The molecule has 0 radical (unpaired) electrons. The van der Waals surface area contributed by atoms with Gasteiger partial charge in [0.2, 0.25) is 0 Å². The summed E-state index contributed by atoms with van der Waals surface area (Å²) in [5.74, 6) is -0.360. The van der Waals surface area contributed by atoms with Crippen molar-refractivity contribution >= 4 is 23.4 Å². The fraction of sp³-hybridized carbons (Fsp3) is 0.250. The van der Waals surface area contributed by atoms with Crippen LogP contribution in [0.3, 0.4) is 0 Å². The lowest BCUT2D eigenvalue weighted by Crippen LogP contribution is -2.31. The summed E-state index contributed by atoms with van der Waals surface area (Å²) in [6.45, 7) is 0.997. The van der Waals surface area contributed by atoms with Crippen molar-refractivity contribution < 1.29 is 15.0 Å². The second-order valence-electron chi connectivity index (χ2n) is 5.39. The Kier molecular flexibility index (Phi) is 3.76. The second-order valence-corrected chi connectivity index (χ2v) is 5.80. The van der Waals surface area contributed by atoms with E-state index < -0.39 is 11.6 Å². The number of aromatic nitrogens is 1. The number of hydrogen-bond donors (Lipinski definition) is 2. The van der Waals surface area contributed by atoms with Crippen LogP contribution in [0.15, 0.2) is 42.6 Å². The first kappa shape index (κ1) is 14.8. The zero-order chi connectivity index (χ0) is 15.7. The molecule has 0 saturated carbocycles. The molecule has 0 spiro atoms. The molecule has 2 aromatic rings. The normalized spacial score (nSPS) is 21.1. The highest BCUT2D eigenvalue weighted by Gasteiger charge is 2.39. The maximum atomic E-state index is 10.9. The number of aliphatic hydroxyl groups is 1. The molecule has 0 amide bonds. The Labute approximate surface area is 132 Å². The second kappa shape index (κ2) is 5.59. The summed E-state index contributed by atoms with van der Waals surface area (Å²) in [6.07, 6.45) is 1.86. The highest BCUT2D eigenvalue weighted by Crippen LogP contribution is 2.37. The minimum absolute atomic E-state index is 0.143. The standard InChI is InChI=1S/C16H15ClN2O3/c17-13-4-2-1-3-12(13)16(22)7-8-19(10-16)14-6-5-11(9-18-14)15(20)21/h1-6,9,22H,7-8,10H2,(H,20,21). The van der Waals surface area contributed by atoms with Crippen molar-refractivity contribution in [1.82, 2.24) is 4.98 Å². The molecule has 1 aliphatic rings. The quantitative estimate of drug-likeness (QED) is 0.909. The summed E-state index contributed by atoms with van der Waals surface area (Å²) in [5.41, 5.74) is -0.170. The van der Waals surface area contributed by atoms with Crippen LogP contribution in [0.25, 0.3) is 0 Å². The first-order valence-corrected chi connectivity index (χ1v) is 7.29. The number of nitrogens with zero attached hydrogens (tertiary/aromatic N) is 2. The van der Waals surface area contributed by atoms with Crippen molar-refractivity contribution in [2.24, 2.45) is 0 Å². The van der Waals surface area contributed by atoms with Crippen molar-refractivity contribution in [3.8, 4) is 0 Å². The third kappa shape index (κ3) is 2.65. The van der Waals surface area contributed by atoms with Crippen molar-refractivity contribution in [3.05, 3.63) is 58.7 Å². The average Bonchev–Trinajstić information content (AvgIpc) is 2.91. The number of halogens is 1. The Morgan fingerprint density at radius 1 is 1.27 bits per heavy atom. The van der Waals surface area contributed by atoms with Crippen LogP contribution in [0.2, 0.25) is 5.02 Å². The number of hydrogen-bond acceptors (Lipinski definition) is 4. The Balaban J connectivity index is 1.82. The number of β-amino-alcohol motifs (C(OH)–C–C–N with tert-alkyl or cyclic N) is 1. The maximum Gasteiger partial charge on any atom is 0.337 e. The lowest BCUT2D eigenvalue weighted by Gasteiger charge is -2.25. The number of benzene rings is 1. The highest BCUT2D eigenvalue weighted by molar-refractivity contribution is 6.31. The molecule has 3 rings (SSSR count). The summed E-state index contributed by atoms with van der Waals surface area (Å²) in [6, 6.07) is 10.4. The molecule has 1 unspecified atom stereocenters. The molecule has 1 fully saturated rings. The molecule has 114 valence electrons. The summed E-state index contributed by atoms with van der Waals surface area (Å²) < 4.78 is 0. The van der Waals surface area contributed by atoms with Gasteiger partial charge in [-0.2, -0.15) is 0 Å². The molecule has 1 aromatic heterocycles. The molecule has 0 bridgehead atoms. The van der Waals surface area contributed by atoms with Gasteiger partial charge in [0.05, 0.1) is 12.1 Å². The summed E-state index contributed by atoms with van der Waals surface area (Å²) in [5, 5.41) is 20.3. The van der Waals surface area contributed by atoms with Crippen molar-refractivity contribution in [3.63, 3.8) is 0 Å². The van der Waals surface area contributed by atoms with E-state index in [0.29, 0.717) is 35.9 Å². The molecular formula is C16H15ClN2O3. The van der Waals surface area contributed by atoms with E-state index in [1.807, 2.05) is 23.1 Å². The van der Waals surface area contributed by atoms with E-state index in [1.165, 1.54) is 12.3 Å². The molecule has 6 heteroatoms. The molecule has 2 N–H and O–H groups in total. The summed E-state index contributed by atoms with van der Waals surface area (Å²) in [7, 11) is 0. The summed E-state index contributed by atoms with van der Waals surface area (Å²) >= 11 is 6.18. The largest absolute Gasteiger partial charge is 0.478 e. The van der Waals surface area contributed by atoms with Crippen molar-refractivity contribution in [2.45, 2.75) is 12.0 Å². The molecule has 1 saturated heterocycles. The fourth-order valence-corrected chi connectivity index (χ4v) is 3.06. The monoisotopic (exact) mass is 318 g/mol. The van der Waals surface area contributed by atoms with Gasteiger partial charge in [0.25, 0.3) is 0 Å². The number of aromatic carboxylic acids is 1. The van der Waals surface area contributed by atoms with Gasteiger partial charge >= 0.3 is 5.97 Å². The zero-order valence-electron chi connectivity index (χ0n) is 11.7. The number of carboxylic acid groups (broad SMARTS) is 1. The predicted molar refractivity (Wildman–Crippen MR) is 83.4 cm³/mol. The molecular weight excluding hydrogens is 304 g/mol. The van der Waals surface area contributed by atoms with Crippen LogP contribution in [-0.4, -0.2) is 34.3 Å². The number of carbonyl (C=O) groups is 1. The smallest absolute Gasteiger partial charge is 0.337 e. The molecule has 0 aliphatic carbocycles. The van der Waals surface area contributed by atoms with Crippen LogP contribution in [-0.2, 0) is 5.60 Å². The lowest BCUT2D eigenvalue weighted by molar-refractivity contribution is 0.0606. The summed E-state index contributed by atoms with van der Waals surface area (Å²) in [4.78, 5) is 16.9. The van der Waals surface area contributed by atoms with Gasteiger partial charge in [0, 0.05) is 23.3 Å². The first-order valence-electron chi connectivity index (χ1n) is 6.91. The molecule has 1 atom stereocenters. The van der Waals surface area contributed by atoms with Gasteiger partial charge in [-0.1, -0.05) is 29.8 Å². The lowest BCUT2D eigenvalue weighted by atomic mass is 9.93. The van der Waals surface area contributed by atoms with Crippen LogP contribution in [0.4, 0.5) is 5.82 Å². The van der Waals surface area contributed by atoms with Gasteiger partial charge in [-0.15, -0.1) is 0 Å². The molecule has 1 aromatic carbocycles. The van der Waals surface area contributed by atoms with E-state index in [9.17, 15) is 9.90 Å². The van der Waals surface area contributed by atoms with Gasteiger partial charge in [-0.25, -0.2) is 9.78 Å². The van der Waals surface area contributed by atoms with Gasteiger partial charge in [-0.3, -0.25) is 0 Å². The number of pyridine rings is 1. The number of anilines is 1. The maximum absolute atomic E-state index is 10.9. The van der Waals surface area contributed by atoms with Gasteiger partial charge < -0.3 is 15.1 Å². The van der Waals surface area contributed by atoms with E-state index in [1.54, 1.807) is 12.1 Å². The van der Waals surface area contributed by atoms with Gasteiger partial charge in [0.1, 0.15) is 11.4 Å². The SMILES string of the molecule is O=C(O)c1ccc(N2CCC(O)(c3ccccc3Cl)C2)nc1. The topological polar surface area (TPSA) is 73.7 Å². The zero-order valence-corrected chi connectivity index (χ0v) is 12.5. The number of rotatable bonds is 3. The Morgan fingerprint density at radius 2 is 2.05 bits per heavy atom. The molecule has 2 heterocycles. The van der Waals surface area contributed by atoms with Gasteiger partial charge in [-0.05, 0) is 24.6 Å². The predicted octanol–water partition coefficient (Wildman–Crippen LogP) is 2.53.